The standard InChI is InChI=1S/C13H19FN2O/c14-10-5-6-12(15)13(9-10)16-7-1-3-11(16)4-2-8-17/h5-6,9,11,17H,1-4,7-8,15H2. The van der Waals surface area contributed by atoms with Crippen LogP contribution in [0, 0.1) is 5.82 Å². The Morgan fingerprint density at radius 3 is 3.06 bits per heavy atom. The molecule has 1 atom stereocenters. The molecule has 1 aromatic carbocycles. The minimum absolute atomic E-state index is 0.211. The summed E-state index contributed by atoms with van der Waals surface area (Å²) in [6, 6.07) is 4.89. The second-order valence-electron chi connectivity index (χ2n) is 4.56. The highest BCUT2D eigenvalue weighted by Crippen LogP contribution is 2.32. The number of hydrogen-bond donors (Lipinski definition) is 2. The zero-order valence-electron chi connectivity index (χ0n) is 9.90. The Hall–Kier alpha value is -1.29. The zero-order chi connectivity index (χ0) is 12.3. The minimum atomic E-state index is -0.248. The van der Waals surface area contributed by atoms with Gasteiger partial charge in [-0.05, 0) is 43.9 Å². The van der Waals surface area contributed by atoms with E-state index in [0.29, 0.717) is 11.7 Å². The van der Waals surface area contributed by atoms with E-state index in [9.17, 15) is 4.39 Å². The molecule has 0 saturated carbocycles. The average Bonchev–Trinajstić information content (AvgIpc) is 2.77. The van der Waals surface area contributed by atoms with Crippen molar-refractivity contribution in [3.05, 3.63) is 24.0 Å². The van der Waals surface area contributed by atoms with E-state index in [2.05, 4.69) is 4.90 Å². The lowest BCUT2D eigenvalue weighted by Gasteiger charge is -2.28. The van der Waals surface area contributed by atoms with E-state index in [1.807, 2.05) is 0 Å². The van der Waals surface area contributed by atoms with Gasteiger partial charge in [-0.3, -0.25) is 0 Å². The molecular formula is C13H19FN2O. The lowest BCUT2D eigenvalue weighted by Crippen LogP contribution is -2.30. The van der Waals surface area contributed by atoms with Crippen LogP contribution in [0.3, 0.4) is 0 Å². The average molecular weight is 238 g/mol. The van der Waals surface area contributed by atoms with Gasteiger partial charge < -0.3 is 15.7 Å². The molecular weight excluding hydrogens is 219 g/mol. The van der Waals surface area contributed by atoms with Crippen LogP contribution in [0.15, 0.2) is 18.2 Å². The SMILES string of the molecule is Nc1ccc(F)cc1N1CCCC1CCCO. The summed E-state index contributed by atoms with van der Waals surface area (Å²) in [7, 11) is 0. The van der Waals surface area contributed by atoms with Crippen molar-refractivity contribution in [3.8, 4) is 0 Å². The van der Waals surface area contributed by atoms with Crippen LogP contribution in [0.4, 0.5) is 15.8 Å². The molecule has 3 N–H and O–H groups in total. The third-order valence-corrected chi connectivity index (χ3v) is 3.37. The molecule has 4 heteroatoms. The van der Waals surface area contributed by atoms with Gasteiger partial charge in [-0.25, -0.2) is 4.39 Å². The number of rotatable bonds is 4. The fourth-order valence-corrected chi connectivity index (χ4v) is 2.55. The minimum Gasteiger partial charge on any atom is -0.397 e. The first-order valence-corrected chi connectivity index (χ1v) is 6.15. The Kier molecular flexibility index (Phi) is 3.84. The van der Waals surface area contributed by atoms with Gasteiger partial charge in [0.1, 0.15) is 5.82 Å². The van der Waals surface area contributed by atoms with E-state index >= 15 is 0 Å². The molecule has 94 valence electrons. The maximum absolute atomic E-state index is 13.3. The first-order valence-electron chi connectivity index (χ1n) is 6.15. The van der Waals surface area contributed by atoms with E-state index in [1.54, 1.807) is 6.07 Å². The summed E-state index contributed by atoms with van der Waals surface area (Å²) < 4.78 is 13.3. The number of nitrogens with two attached hydrogens (primary N) is 1. The molecule has 1 fully saturated rings. The van der Waals surface area contributed by atoms with E-state index in [-0.39, 0.29) is 12.4 Å². The van der Waals surface area contributed by atoms with E-state index < -0.39 is 0 Å². The van der Waals surface area contributed by atoms with Crippen LogP contribution in [-0.4, -0.2) is 24.3 Å². The maximum atomic E-state index is 13.3. The topological polar surface area (TPSA) is 49.5 Å². The van der Waals surface area contributed by atoms with Crippen LogP contribution >= 0.6 is 0 Å². The van der Waals surface area contributed by atoms with E-state index in [4.69, 9.17) is 10.8 Å². The molecule has 1 aromatic rings. The van der Waals surface area contributed by atoms with Gasteiger partial charge in [0, 0.05) is 19.2 Å². The van der Waals surface area contributed by atoms with Gasteiger partial charge in [0.05, 0.1) is 11.4 Å². The number of aliphatic hydroxyl groups is 1. The van der Waals surface area contributed by atoms with Crippen molar-refractivity contribution in [2.75, 3.05) is 23.8 Å². The zero-order valence-corrected chi connectivity index (χ0v) is 9.90. The monoisotopic (exact) mass is 238 g/mol. The lowest BCUT2D eigenvalue weighted by molar-refractivity contribution is 0.279. The summed E-state index contributed by atoms with van der Waals surface area (Å²) in [6.45, 7) is 1.13. The van der Waals surface area contributed by atoms with Crippen LogP contribution in [0.5, 0.6) is 0 Å². The lowest BCUT2D eigenvalue weighted by atomic mass is 10.1. The van der Waals surface area contributed by atoms with Gasteiger partial charge in [0.25, 0.3) is 0 Å². The van der Waals surface area contributed by atoms with Crippen LogP contribution in [-0.2, 0) is 0 Å². The Morgan fingerprint density at radius 2 is 2.29 bits per heavy atom. The summed E-state index contributed by atoms with van der Waals surface area (Å²) in [5, 5.41) is 8.88. The molecule has 1 saturated heterocycles. The van der Waals surface area contributed by atoms with Gasteiger partial charge in [-0.2, -0.15) is 0 Å². The predicted molar refractivity (Wildman–Crippen MR) is 67.5 cm³/mol. The summed E-state index contributed by atoms with van der Waals surface area (Å²) in [5.41, 5.74) is 7.33. The first kappa shape index (κ1) is 12.2. The smallest absolute Gasteiger partial charge is 0.125 e. The van der Waals surface area contributed by atoms with Crippen LogP contribution in [0.1, 0.15) is 25.7 Å². The molecule has 17 heavy (non-hydrogen) atoms. The molecule has 3 nitrogen and oxygen atoms in total. The molecule has 0 spiro atoms. The van der Waals surface area contributed by atoms with Crippen molar-refractivity contribution < 1.29 is 9.50 Å². The second-order valence-corrected chi connectivity index (χ2v) is 4.56. The first-order chi connectivity index (χ1) is 8.22. The van der Waals surface area contributed by atoms with Gasteiger partial charge in [-0.15, -0.1) is 0 Å². The molecule has 0 bridgehead atoms. The van der Waals surface area contributed by atoms with Crippen molar-refractivity contribution in [2.24, 2.45) is 0 Å². The number of anilines is 2. The molecule has 1 aliphatic heterocycles. The molecule has 1 aliphatic rings. The molecule has 0 amide bonds. The van der Waals surface area contributed by atoms with Crippen molar-refractivity contribution in [1.82, 2.24) is 0 Å². The maximum Gasteiger partial charge on any atom is 0.125 e. The number of aliphatic hydroxyl groups excluding tert-OH is 1. The molecule has 2 rings (SSSR count). The normalized spacial score (nSPS) is 19.9. The number of benzene rings is 1. The summed E-state index contributed by atoms with van der Waals surface area (Å²) in [6.07, 6.45) is 3.92. The Morgan fingerprint density at radius 1 is 1.47 bits per heavy atom. The Balaban J connectivity index is 2.16. The number of halogens is 1. The summed E-state index contributed by atoms with van der Waals surface area (Å²) >= 11 is 0. The molecule has 1 heterocycles. The largest absolute Gasteiger partial charge is 0.397 e. The predicted octanol–water partition coefficient (Wildman–Crippen LogP) is 2.15. The highest BCUT2D eigenvalue weighted by Gasteiger charge is 2.25. The van der Waals surface area contributed by atoms with E-state index in [0.717, 1.165) is 37.9 Å². The fourth-order valence-electron chi connectivity index (χ4n) is 2.55. The Labute approximate surface area is 101 Å². The summed E-state index contributed by atoms with van der Waals surface area (Å²) in [4.78, 5) is 2.17. The van der Waals surface area contributed by atoms with Crippen molar-refractivity contribution >= 4 is 11.4 Å². The van der Waals surface area contributed by atoms with Crippen molar-refractivity contribution in [3.63, 3.8) is 0 Å². The highest BCUT2D eigenvalue weighted by atomic mass is 19.1. The second kappa shape index (κ2) is 5.36. The van der Waals surface area contributed by atoms with Crippen LogP contribution < -0.4 is 10.6 Å². The molecule has 0 aliphatic carbocycles. The molecule has 1 unspecified atom stereocenters. The third kappa shape index (κ3) is 2.69. The molecule has 0 radical (unpaired) electrons. The van der Waals surface area contributed by atoms with Gasteiger partial charge in [0.2, 0.25) is 0 Å². The third-order valence-electron chi connectivity index (χ3n) is 3.37. The number of hydrogen-bond acceptors (Lipinski definition) is 3. The van der Waals surface area contributed by atoms with Crippen LogP contribution in [0.2, 0.25) is 0 Å². The number of nitrogen functional groups attached to an aromatic ring is 1. The van der Waals surface area contributed by atoms with Gasteiger partial charge >= 0.3 is 0 Å². The quantitative estimate of drug-likeness (QED) is 0.790. The van der Waals surface area contributed by atoms with Crippen molar-refractivity contribution in [2.45, 2.75) is 31.7 Å². The van der Waals surface area contributed by atoms with Gasteiger partial charge in [0.15, 0.2) is 0 Å². The van der Waals surface area contributed by atoms with Crippen LogP contribution in [0.25, 0.3) is 0 Å². The highest BCUT2D eigenvalue weighted by molar-refractivity contribution is 5.68. The Bertz CT molecular complexity index is 384. The van der Waals surface area contributed by atoms with E-state index in [1.165, 1.54) is 12.1 Å². The van der Waals surface area contributed by atoms with Crippen molar-refractivity contribution in [1.29, 1.82) is 0 Å². The fraction of sp³-hybridized carbons (Fsp3) is 0.538. The summed E-state index contributed by atoms with van der Waals surface area (Å²) in [5.74, 6) is -0.248. The number of nitrogens with zero attached hydrogens (tertiary/aromatic N) is 1. The van der Waals surface area contributed by atoms with Gasteiger partial charge in [-0.1, -0.05) is 0 Å². The molecule has 0 aromatic heterocycles.